The fraction of sp³-hybridized carbons (Fsp3) is 0.875. The third kappa shape index (κ3) is 1.32. The van der Waals surface area contributed by atoms with Crippen LogP contribution in [-0.4, -0.2) is 12.6 Å². The molecule has 0 aromatic heterocycles. The van der Waals surface area contributed by atoms with Gasteiger partial charge in [0.1, 0.15) is 0 Å². The SMILES string of the molecule is NC(=O)NCC1(C2CC2)CC1. The second-order valence-corrected chi connectivity index (χ2v) is 3.85. The molecule has 2 fully saturated rings. The van der Waals surface area contributed by atoms with Crippen LogP contribution < -0.4 is 11.1 Å². The van der Waals surface area contributed by atoms with Crippen LogP contribution in [0.5, 0.6) is 0 Å². The van der Waals surface area contributed by atoms with Gasteiger partial charge < -0.3 is 11.1 Å². The third-order valence-corrected chi connectivity index (χ3v) is 2.95. The molecule has 2 aliphatic carbocycles. The Labute approximate surface area is 66.3 Å². The smallest absolute Gasteiger partial charge is 0.312 e. The van der Waals surface area contributed by atoms with Crippen molar-refractivity contribution in [3.8, 4) is 0 Å². The largest absolute Gasteiger partial charge is 0.352 e. The minimum Gasteiger partial charge on any atom is -0.352 e. The quantitative estimate of drug-likeness (QED) is 0.622. The summed E-state index contributed by atoms with van der Waals surface area (Å²) in [5.41, 5.74) is 5.48. The summed E-state index contributed by atoms with van der Waals surface area (Å²) in [5.74, 6) is 0.898. The van der Waals surface area contributed by atoms with Crippen molar-refractivity contribution in [3.05, 3.63) is 0 Å². The Bertz CT molecular complexity index is 183. The number of hydrogen-bond donors (Lipinski definition) is 2. The third-order valence-electron chi connectivity index (χ3n) is 2.95. The lowest BCUT2D eigenvalue weighted by molar-refractivity contribution is 0.245. The highest BCUT2D eigenvalue weighted by Crippen LogP contribution is 2.60. The zero-order valence-electron chi connectivity index (χ0n) is 6.60. The van der Waals surface area contributed by atoms with Crippen molar-refractivity contribution in [2.24, 2.45) is 17.1 Å². The lowest BCUT2D eigenvalue weighted by Gasteiger charge is -2.12. The van der Waals surface area contributed by atoms with E-state index in [1.807, 2.05) is 0 Å². The number of nitrogens with two attached hydrogens (primary N) is 1. The van der Waals surface area contributed by atoms with Crippen molar-refractivity contribution in [1.82, 2.24) is 5.32 Å². The summed E-state index contributed by atoms with van der Waals surface area (Å²) in [6, 6.07) is -0.378. The molecule has 3 N–H and O–H groups in total. The van der Waals surface area contributed by atoms with Gasteiger partial charge in [-0.1, -0.05) is 0 Å². The fourth-order valence-electron chi connectivity index (χ4n) is 1.85. The first kappa shape index (κ1) is 6.95. The number of hydrogen-bond acceptors (Lipinski definition) is 1. The second kappa shape index (κ2) is 2.13. The summed E-state index contributed by atoms with van der Waals surface area (Å²) in [6.07, 6.45) is 5.30. The van der Waals surface area contributed by atoms with Gasteiger partial charge >= 0.3 is 6.03 Å². The Balaban J connectivity index is 1.80. The maximum Gasteiger partial charge on any atom is 0.312 e. The Hall–Kier alpha value is -0.730. The van der Waals surface area contributed by atoms with Gasteiger partial charge in [-0.2, -0.15) is 0 Å². The molecule has 3 heteroatoms. The Morgan fingerprint density at radius 1 is 1.55 bits per heavy atom. The van der Waals surface area contributed by atoms with Gasteiger partial charge in [-0.3, -0.25) is 0 Å². The van der Waals surface area contributed by atoms with Crippen molar-refractivity contribution in [2.45, 2.75) is 25.7 Å². The van der Waals surface area contributed by atoms with Crippen LogP contribution in [0, 0.1) is 11.3 Å². The Morgan fingerprint density at radius 2 is 2.18 bits per heavy atom. The van der Waals surface area contributed by atoms with E-state index >= 15 is 0 Å². The van der Waals surface area contributed by atoms with Gasteiger partial charge in [0.15, 0.2) is 0 Å². The van der Waals surface area contributed by atoms with Crippen LogP contribution in [0.3, 0.4) is 0 Å². The highest BCUT2D eigenvalue weighted by molar-refractivity contribution is 5.71. The molecule has 0 unspecified atom stereocenters. The number of amides is 2. The normalized spacial score (nSPS) is 26.2. The van der Waals surface area contributed by atoms with Crippen LogP contribution in [-0.2, 0) is 0 Å². The molecule has 0 atom stereocenters. The maximum absolute atomic E-state index is 10.4. The van der Waals surface area contributed by atoms with Gasteiger partial charge in [0, 0.05) is 6.54 Å². The highest BCUT2D eigenvalue weighted by atomic mass is 16.2. The van der Waals surface area contributed by atoms with E-state index in [4.69, 9.17) is 5.73 Å². The molecule has 62 valence electrons. The number of urea groups is 1. The maximum atomic E-state index is 10.4. The summed E-state index contributed by atoms with van der Waals surface area (Å²) < 4.78 is 0. The van der Waals surface area contributed by atoms with Gasteiger partial charge in [-0.15, -0.1) is 0 Å². The molecule has 0 spiro atoms. The van der Waals surface area contributed by atoms with Gasteiger partial charge in [0.05, 0.1) is 0 Å². The summed E-state index contributed by atoms with van der Waals surface area (Å²) in [5, 5.41) is 2.71. The average Bonchev–Trinajstić information content (AvgIpc) is 2.79. The molecule has 11 heavy (non-hydrogen) atoms. The Morgan fingerprint density at radius 3 is 2.55 bits per heavy atom. The second-order valence-electron chi connectivity index (χ2n) is 3.85. The molecule has 0 aromatic rings. The van der Waals surface area contributed by atoms with Crippen LogP contribution in [0.4, 0.5) is 4.79 Å². The van der Waals surface area contributed by atoms with E-state index < -0.39 is 0 Å². The van der Waals surface area contributed by atoms with Crippen molar-refractivity contribution < 1.29 is 4.79 Å². The first-order chi connectivity index (χ1) is 5.23. The van der Waals surface area contributed by atoms with E-state index in [0.29, 0.717) is 5.41 Å². The molecule has 3 nitrogen and oxygen atoms in total. The zero-order chi connectivity index (χ0) is 7.90. The number of primary amides is 1. The fourth-order valence-corrected chi connectivity index (χ4v) is 1.85. The molecule has 0 heterocycles. The molecule has 0 aliphatic heterocycles. The molecule has 0 saturated heterocycles. The number of carbonyl (C=O) groups excluding carboxylic acids is 1. The lowest BCUT2D eigenvalue weighted by Crippen LogP contribution is -2.35. The minimum absolute atomic E-state index is 0.378. The molecule has 2 rings (SSSR count). The standard InChI is InChI=1S/C8H14N2O/c9-7(11)10-5-8(3-4-8)6-1-2-6/h6H,1-5H2,(H3,9,10,11). The van der Waals surface area contributed by atoms with E-state index in [9.17, 15) is 4.79 Å². The molecule has 0 bridgehead atoms. The molecule has 0 aromatic carbocycles. The van der Waals surface area contributed by atoms with E-state index in [1.54, 1.807) is 0 Å². The average molecular weight is 154 g/mol. The first-order valence-corrected chi connectivity index (χ1v) is 4.26. The van der Waals surface area contributed by atoms with E-state index in [-0.39, 0.29) is 6.03 Å². The molecular weight excluding hydrogens is 140 g/mol. The molecular formula is C8H14N2O. The van der Waals surface area contributed by atoms with E-state index in [2.05, 4.69) is 5.32 Å². The Kier molecular flexibility index (Phi) is 1.34. The van der Waals surface area contributed by atoms with Crippen LogP contribution >= 0.6 is 0 Å². The van der Waals surface area contributed by atoms with Crippen molar-refractivity contribution in [2.75, 3.05) is 6.54 Å². The van der Waals surface area contributed by atoms with Gasteiger partial charge in [0.25, 0.3) is 0 Å². The van der Waals surface area contributed by atoms with Crippen LogP contribution in [0.25, 0.3) is 0 Å². The number of nitrogens with one attached hydrogen (secondary N) is 1. The van der Waals surface area contributed by atoms with Crippen molar-refractivity contribution in [1.29, 1.82) is 0 Å². The number of carbonyl (C=O) groups is 1. The first-order valence-electron chi connectivity index (χ1n) is 4.26. The predicted octanol–water partition coefficient (Wildman–Crippen LogP) is 0.845. The van der Waals surface area contributed by atoms with Gasteiger partial charge in [0.2, 0.25) is 0 Å². The van der Waals surface area contributed by atoms with Crippen molar-refractivity contribution in [3.63, 3.8) is 0 Å². The summed E-state index contributed by atoms with van der Waals surface area (Å²) in [7, 11) is 0. The van der Waals surface area contributed by atoms with Gasteiger partial charge in [-0.05, 0) is 37.0 Å². The molecule has 2 saturated carbocycles. The number of rotatable bonds is 3. The van der Waals surface area contributed by atoms with Gasteiger partial charge in [-0.25, -0.2) is 4.79 Å². The minimum atomic E-state index is -0.378. The van der Waals surface area contributed by atoms with Crippen LogP contribution in [0.1, 0.15) is 25.7 Å². The lowest BCUT2D eigenvalue weighted by atomic mass is 10.0. The van der Waals surface area contributed by atoms with E-state index in [0.717, 1.165) is 12.5 Å². The molecule has 2 amide bonds. The zero-order valence-corrected chi connectivity index (χ0v) is 6.60. The summed E-state index contributed by atoms with van der Waals surface area (Å²) in [6.45, 7) is 0.812. The molecule has 0 radical (unpaired) electrons. The van der Waals surface area contributed by atoms with Crippen LogP contribution in [0.15, 0.2) is 0 Å². The van der Waals surface area contributed by atoms with Crippen molar-refractivity contribution >= 4 is 6.03 Å². The summed E-state index contributed by atoms with van der Waals surface area (Å²) >= 11 is 0. The monoisotopic (exact) mass is 154 g/mol. The molecule has 2 aliphatic rings. The topological polar surface area (TPSA) is 55.1 Å². The van der Waals surface area contributed by atoms with E-state index in [1.165, 1.54) is 25.7 Å². The van der Waals surface area contributed by atoms with Crippen LogP contribution in [0.2, 0.25) is 0 Å². The highest BCUT2D eigenvalue weighted by Gasteiger charge is 2.53. The summed E-state index contributed by atoms with van der Waals surface area (Å²) in [4.78, 5) is 10.4. The predicted molar refractivity (Wildman–Crippen MR) is 42.0 cm³/mol.